The Bertz CT molecular complexity index is 1090. The van der Waals surface area contributed by atoms with E-state index >= 15 is 0 Å². The Hall–Kier alpha value is -4.00. The number of rotatable bonds is 7. The first kappa shape index (κ1) is 22.7. The number of nitrogens with one attached hydrogen (secondary N) is 1. The number of hydrogen-bond acceptors (Lipinski definition) is 4. The van der Waals surface area contributed by atoms with Crippen LogP contribution in [0.5, 0.6) is 0 Å². The number of carbonyl (C=O) groups is 2. The Labute approximate surface area is 188 Å². The molecule has 0 bridgehead atoms. The average Bonchev–Trinajstić information content (AvgIpc) is 3.09. The van der Waals surface area contributed by atoms with E-state index in [0.717, 1.165) is 24.0 Å². The van der Waals surface area contributed by atoms with Crippen LogP contribution in [-0.4, -0.2) is 44.6 Å². The molecule has 2 aromatic heterocycles. The minimum Gasteiger partial charge on any atom is -0.339 e. The van der Waals surface area contributed by atoms with Crippen molar-refractivity contribution in [1.82, 2.24) is 19.7 Å². The molecule has 0 aromatic carbocycles. The number of anilines is 1. The smallest absolute Gasteiger partial charge is 0.260 e. The maximum atomic E-state index is 12.6. The summed E-state index contributed by atoms with van der Waals surface area (Å²) in [7, 11) is 1.75. The van der Waals surface area contributed by atoms with Crippen molar-refractivity contribution in [2.75, 3.05) is 18.4 Å². The monoisotopic (exact) mass is 429 g/mol. The van der Waals surface area contributed by atoms with E-state index in [1.165, 1.54) is 11.8 Å². The molecule has 1 aliphatic heterocycles. The molecule has 3 rings (SSSR count). The summed E-state index contributed by atoms with van der Waals surface area (Å²) in [5.41, 5.74) is 3.47. The summed E-state index contributed by atoms with van der Waals surface area (Å²) >= 11 is 0. The van der Waals surface area contributed by atoms with Gasteiger partial charge < -0.3 is 10.2 Å². The van der Waals surface area contributed by atoms with E-state index in [4.69, 9.17) is 0 Å². The standard InChI is InChI=1S/C25H27N5O2/c1-4-7-20(5-2)21-8-6-14-30(15-13-21)24(31)12-10-19-9-11-23(26-16-19)28-25(32)22-17-27-29(3)18-22/h4-5,7-12,16-18H,1-2,6,13-15H2,3H3,(H,26,28,32)/b12-10+,20-7+. The number of carbonyl (C=O) groups excluding carboxylic acids is 2. The van der Waals surface area contributed by atoms with Crippen LogP contribution in [-0.2, 0) is 11.8 Å². The van der Waals surface area contributed by atoms with Gasteiger partial charge in [0.15, 0.2) is 0 Å². The van der Waals surface area contributed by atoms with E-state index in [-0.39, 0.29) is 11.8 Å². The fraction of sp³-hybridized carbons (Fsp3) is 0.200. The van der Waals surface area contributed by atoms with Crippen LogP contribution < -0.4 is 5.32 Å². The molecule has 164 valence electrons. The van der Waals surface area contributed by atoms with Gasteiger partial charge in [-0.3, -0.25) is 14.3 Å². The highest BCUT2D eigenvalue weighted by Gasteiger charge is 2.15. The zero-order valence-electron chi connectivity index (χ0n) is 18.2. The SMILES string of the molecule is C=C/C=C(\C=C)C1=CCCN(C(=O)/C=C/c2ccc(NC(=O)c3cnn(C)c3)nc2)CC1. The van der Waals surface area contributed by atoms with E-state index in [1.807, 2.05) is 17.1 Å². The first-order chi connectivity index (χ1) is 15.5. The van der Waals surface area contributed by atoms with Gasteiger partial charge in [-0.2, -0.15) is 5.10 Å². The van der Waals surface area contributed by atoms with Gasteiger partial charge in [0, 0.05) is 38.6 Å². The van der Waals surface area contributed by atoms with Crippen LogP contribution in [0.1, 0.15) is 28.8 Å². The summed E-state index contributed by atoms with van der Waals surface area (Å²) in [6.07, 6.45) is 17.3. The summed E-state index contributed by atoms with van der Waals surface area (Å²) in [6, 6.07) is 3.50. The van der Waals surface area contributed by atoms with Crippen LogP contribution in [0.15, 0.2) is 85.4 Å². The van der Waals surface area contributed by atoms with E-state index in [2.05, 4.69) is 34.6 Å². The largest absolute Gasteiger partial charge is 0.339 e. The molecule has 3 heterocycles. The number of allylic oxidation sites excluding steroid dienone is 4. The van der Waals surface area contributed by atoms with E-state index in [9.17, 15) is 9.59 Å². The third-order valence-corrected chi connectivity index (χ3v) is 5.05. The van der Waals surface area contributed by atoms with Gasteiger partial charge in [0.2, 0.25) is 5.91 Å². The Morgan fingerprint density at radius 2 is 2.03 bits per heavy atom. The molecule has 7 nitrogen and oxygen atoms in total. The van der Waals surface area contributed by atoms with Gasteiger partial charge in [-0.15, -0.1) is 0 Å². The van der Waals surface area contributed by atoms with Gasteiger partial charge in [0.25, 0.3) is 5.91 Å². The molecule has 32 heavy (non-hydrogen) atoms. The number of pyridine rings is 1. The molecule has 1 N–H and O–H groups in total. The van der Waals surface area contributed by atoms with E-state index < -0.39 is 0 Å². The topological polar surface area (TPSA) is 80.1 Å². The van der Waals surface area contributed by atoms with Crippen molar-refractivity contribution in [2.45, 2.75) is 12.8 Å². The van der Waals surface area contributed by atoms with Crippen molar-refractivity contribution in [3.63, 3.8) is 0 Å². The zero-order valence-corrected chi connectivity index (χ0v) is 18.2. The summed E-state index contributed by atoms with van der Waals surface area (Å²) < 4.78 is 1.56. The maximum Gasteiger partial charge on any atom is 0.260 e. The molecule has 0 saturated carbocycles. The molecule has 0 radical (unpaired) electrons. The van der Waals surface area contributed by atoms with E-state index in [1.54, 1.807) is 54.5 Å². The van der Waals surface area contributed by atoms with Crippen molar-refractivity contribution in [3.8, 4) is 0 Å². The van der Waals surface area contributed by atoms with Crippen LogP contribution >= 0.6 is 0 Å². The Kier molecular flexibility index (Phi) is 7.70. The molecular formula is C25H27N5O2. The lowest BCUT2D eigenvalue weighted by Gasteiger charge is -2.18. The maximum absolute atomic E-state index is 12.6. The third kappa shape index (κ3) is 6.01. The highest BCUT2D eigenvalue weighted by molar-refractivity contribution is 6.03. The van der Waals surface area contributed by atoms with Gasteiger partial charge in [-0.05, 0) is 47.8 Å². The first-order valence-electron chi connectivity index (χ1n) is 10.4. The molecule has 2 amide bonds. The fourth-order valence-corrected chi connectivity index (χ4v) is 3.36. The van der Waals surface area contributed by atoms with Crippen molar-refractivity contribution in [1.29, 1.82) is 0 Å². The van der Waals surface area contributed by atoms with Crippen molar-refractivity contribution < 1.29 is 9.59 Å². The van der Waals surface area contributed by atoms with Crippen molar-refractivity contribution >= 4 is 23.7 Å². The molecular weight excluding hydrogens is 402 g/mol. The third-order valence-electron chi connectivity index (χ3n) is 5.05. The average molecular weight is 430 g/mol. The van der Waals surface area contributed by atoms with Gasteiger partial charge in [-0.25, -0.2) is 4.98 Å². The number of amides is 2. The molecule has 0 spiro atoms. The van der Waals surface area contributed by atoms with Gasteiger partial charge >= 0.3 is 0 Å². The second-order valence-corrected chi connectivity index (χ2v) is 7.32. The molecule has 1 aliphatic rings. The van der Waals surface area contributed by atoms with Crippen LogP contribution in [0, 0.1) is 0 Å². The van der Waals surface area contributed by atoms with Crippen molar-refractivity contribution in [2.24, 2.45) is 7.05 Å². The predicted molar refractivity (Wildman–Crippen MR) is 127 cm³/mol. The number of nitrogens with zero attached hydrogens (tertiary/aromatic N) is 4. The Morgan fingerprint density at radius 1 is 1.19 bits per heavy atom. The Balaban J connectivity index is 1.55. The number of hydrogen-bond donors (Lipinski definition) is 1. The first-order valence-corrected chi connectivity index (χ1v) is 10.4. The van der Waals surface area contributed by atoms with Crippen LogP contribution in [0.2, 0.25) is 0 Å². The second kappa shape index (κ2) is 10.9. The summed E-state index contributed by atoms with van der Waals surface area (Å²) in [4.78, 5) is 30.9. The van der Waals surface area contributed by atoms with Crippen LogP contribution in [0.4, 0.5) is 5.82 Å². The van der Waals surface area contributed by atoms with Crippen LogP contribution in [0.25, 0.3) is 6.08 Å². The Morgan fingerprint density at radius 3 is 2.69 bits per heavy atom. The number of aromatic nitrogens is 3. The quantitative estimate of drug-likeness (QED) is 0.534. The number of aryl methyl sites for hydroxylation is 1. The minimum absolute atomic E-state index is 0.0403. The zero-order chi connectivity index (χ0) is 22.9. The molecule has 2 aromatic rings. The lowest BCUT2D eigenvalue weighted by Crippen LogP contribution is -2.30. The molecule has 0 unspecified atom stereocenters. The van der Waals surface area contributed by atoms with Crippen LogP contribution in [0.3, 0.4) is 0 Å². The minimum atomic E-state index is -0.277. The lowest BCUT2D eigenvalue weighted by atomic mass is 10.0. The van der Waals surface area contributed by atoms with Gasteiger partial charge in [0.05, 0.1) is 11.8 Å². The van der Waals surface area contributed by atoms with Gasteiger partial charge in [-0.1, -0.05) is 37.5 Å². The molecule has 7 heteroatoms. The van der Waals surface area contributed by atoms with Gasteiger partial charge in [0.1, 0.15) is 5.82 Å². The normalized spacial score (nSPS) is 14.6. The van der Waals surface area contributed by atoms with Crippen molar-refractivity contribution in [3.05, 3.63) is 96.5 Å². The van der Waals surface area contributed by atoms with E-state index in [0.29, 0.717) is 24.5 Å². The summed E-state index contributed by atoms with van der Waals surface area (Å²) in [5, 5.41) is 6.70. The highest BCUT2D eigenvalue weighted by Crippen LogP contribution is 2.20. The highest BCUT2D eigenvalue weighted by atomic mass is 16.2. The second-order valence-electron chi connectivity index (χ2n) is 7.32. The molecule has 0 aliphatic carbocycles. The summed E-state index contributed by atoms with van der Waals surface area (Å²) in [5.74, 6) is 0.112. The predicted octanol–water partition coefficient (Wildman–Crippen LogP) is 3.93. The molecule has 0 saturated heterocycles. The molecule has 0 fully saturated rings. The lowest BCUT2D eigenvalue weighted by molar-refractivity contribution is -0.125. The molecule has 0 atom stereocenters. The fourth-order valence-electron chi connectivity index (χ4n) is 3.36. The summed E-state index contributed by atoms with van der Waals surface area (Å²) in [6.45, 7) is 8.92.